The predicted octanol–water partition coefficient (Wildman–Crippen LogP) is 11.1. The largest absolute Gasteiger partial charge is 0.462 e. The fourth-order valence-electron chi connectivity index (χ4n) is 12.8. The Labute approximate surface area is 255 Å². The van der Waals surface area contributed by atoms with Crippen molar-refractivity contribution in [1.82, 2.24) is 0 Å². The van der Waals surface area contributed by atoms with Gasteiger partial charge in [-0.2, -0.15) is 0 Å². The highest BCUT2D eigenvalue weighted by atomic mass is 16.5. The summed E-state index contributed by atoms with van der Waals surface area (Å²) in [5.74, 6) is 7.05. The lowest BCUT2D eigenvalue weighted by Crippen LogP contribution is -2.59. The molecule has 2 nitrogen and oxygen atoms in total. The zero-order chi connectivity index (χ0) is 29.7. The molecule has 0 aromatic carbocycles. The molecule has 0 N–H and O–H groups in total. The van der Waals surface area contributed by atoms with Crippen molar-refractivity contribution in [3.05, 3.63) is 0 Å². The molecule has 5 rings (SSSR count). The van der Waals surface area contributed by atoms with E-state index in [2.05, 4.69) is 62.3 Å². The smallest absolute Gasteiger partial charge is 0.309 e. The molecule has 41 heavy (non-hydrogen) atoms. The first kappa shape index (κ1) is 31.9. The second-order valence-electron chi connectivity index (χ2n) is 17.8. The number of fused-ring (bicyclic) bond motifs is 5. The number of carbonyl (C=O) groups excluding carboxylic acids is 1. The van der Waals surface area contributed by atoms with Crippen LogP contribution in [0.3, 0.4) is 0 Å². The molecule has 2 heteroatoms. The van der Waals surface area contributed by atoms with Crippen LogP contribution in [0.4, 0.5) is 0 Å². The highest BCUT2D eigenvalue weighted by Gasteiger charge is 2.64. The fraction of sp³-hybridized carbons (Fsp3) is 0.974. The number of hydrogen-bond donors (Lipinski definition) is 0. The molecule has 13 atom stereocenters. The van der Waals surface area contributed by atoms with Crippen LogP contribution in [-0.4, -0.2) is 12.1 Å². The highest BCUT2D eigenvalue weighted by molar-refractivity contribution is 5.72. The first-order valence-electron chi connectivity index (χ1n) is 18.6. The van der Waals surface area contributed by atoms with Crippen LogP contribution in [0.2, 0.25) is 0 Å². The molecule has 0 bridgehead atoms. The van der Waals surface area contributed by atoms with Crippen LogP contribution < -0.4 is 0 Å². The summed E-state index contributed by atoms with van der Waals surface area (Å²) in [5, 5.41) is 0. The normalized spacial score (nSPS) is 47.7. The van der Waals surface area contributed by atoms with E-state index >= 15 is 0 Å². The van der Waals surface area contributed by atoms with Gasteiger partial charge in [-0.05, 0) is 140 Å². The molecule has 0 spiro atoms. The quantitative estimate of drug-likeness (QED) is 0.272. The van der Waals surface area contributed by atoms with Gasteiger partial charge >= 0.3 is 5.97 Å². The maximum atomic E-state index is 13.8. The number of esters is 1. The van der Waals surface area contributed by atoms with Crippen LogP contribution in [0.1, 0.15) is 159 Å². The lowest BCUT2D eigenvalue weighted by molar-refractivity contribution is -0.174. The lowest BCUT2D eigenvalue weighted by atomic mass is 9.38. The van der Waals surface area contributed by atoms with Gasteiger partial charge in [0.2, 0.25) is 0 Å². The van der Waals surface area contributed by atoms with Gasteiger partial charge in [0.05, 0.1) is 5.92 Å². The zero-order valence-electron chi connectivity index (χ0n) is 28.8. The minimum absolute atomic E-state index is 0.0806. The Morgan fingerprint density at radius 1 is 0.854 bits per heavy atom. The third-order valence-corrected chi connectivity index (χ3v) is 15.6. The van der Waals surface area contributed by atoms with Crippen molar-refractivity contribution in [1.29, 1.82) is 0 Å². The highest BCUT2D eigenvalue weighted by Crippen LogP contribution is 2.72. The van der Waals surface area contributed by atoms with Gasteiger partial charge in [-0.1, -0.05) is 88.0 Å². The van der Waals surface area contributed by atoms with E-state index in [0.717, 1.165) is 55.3 Å². The van der Waals surface area contributed by atoms with E-state index in [1.54, 1.807) is 0 Å². The average molecular weight is 569 g/mol. The third kappa shape index (κ3) is 5.49. The Hall–Kier alpha value is -0.530. The maximum Gasteiger partial charge on any atom is 0.309 e. The van der Waals surface area contributed by atoms with Gasteiger partial charge in [-0.25, -0.2) is 0 Å². The number of hydrogen-bond acceptors (Lipinski definition) is 2. The van der Waals surface area contributed by atoms with Crippen LogP contribution in [-0.2, 0) is 9.53 Å². The predicted molar refractivity (Wildman–Crippen MR) is 172 cm³/mol. The van der Waals surface area contributed by atoms with Gasteiger partial charge in [-0.3, -0.25) is 4.79 Å². The van der Waals surface area contributed by atoms with Gasteiger partial charge < -0.3 is 4.74 Å². The number of ether oxygens (including phenoxy) is 1. The van der Waals surface area contributed by atoms with Crippen LogP contribution in [0.15, 0.2) is 0 Å². The molecule has 0 saturated heterocycles. The average Bonchev–Trinajstić information content (AvgIpc) is 3.27. The van der Waals surface area contributed by atoms with Gasteiger partial charge in [0.15, 0.2) is 0 Å². The maximum absolute atomic E-state index is 13.8. The molecule has 0 aromatic heterocycles. The summed E-state index contributed by atoms with van der Waals surface area (Å²) in [6.07, 6.45) is 19.8. The summed E-state index contributed by atoms with van der Waals surface area (Å²) < 4.78 is 6.46. The molecule has 236 valence electrons. The summed E-state index contributed by atoms with van der Waals surface area (Å²) >= 11 is 0. The molecule has 5 aliphatic carbocycles. The summed E-state index contributed by atoms with van der Waals surface area (Å²) in [4.78, 5) is 13.8. The van der Waals surface area contributed by atoms with Crippen molar-refractivity contribution in [3.63, 3.8) is 0 Å². The van der Waals surface area contributed by atoms with Crippen LogP contribution >= 0.6 is 0 Å². The standard InChI is InChI=1S/C39H68O2/c1-10-12-29(36(40)41-35-23-26(4)14-15-30(35)25(2)3)24-27(5)32-16-17-33-31-18-22-38(8)28(6)13-11-20-39(38,9)34(31)19-21-37(32,33)7/h25-35H,10-24H2,1-9H3/t26-,27+,28+,29+,30+,31-,32?,33-,34-,35?,37+,38-,39+/m0/s1. The molecule has 5 saturated carbocycles. The minimum Gasteiger partial charge on any atom is -0.462 e. The molecule has 5 fully saturated rings. The second-order valence-corrected chi connectivity index (χ2v) is 17.8. The van der Waals surface area contributed by atoms with E-state index in [4.69, 9.17) is 4.74 Å². The monoisotopic (exact) mass is 569 g/mol. The van der Waals surface area contributed by atoms with Crippen molar-refractivity contribution < 1.29 is 9.53 Å². The topological polar surface area (TPSA) is 26.3 Å². The lowest BCUT2D eigenvalue weighted by Gasteiger charge is -2.66. The molecule has 0 heterocycles. The molecule has 0 radical (unpaired) electrons. The Kier molecular flexibility index (Phi) is 9.41. The van der Waals surface area contributed by atoms with E-state index in [9.17, 15) is 4.79 Å². The van der Waals surface area contributed by atoms with Crippen LogP contribution in [0, 0.1) is 75.4 Å². The summed E-state index contributed by atoms with van der Waals surface area (Å²) in [6, 6.07) is 0. The summed E-state index contributed by atoms with van der Waals surface area (Å²) in [7, 11) is 0. The Morgan fingerprint density at radius 2 is 1.61 bits per heavy atom. The van der Waals surface area contributed by atoms with E-state index in [-0.39, 0.29) is 18.0 Å². The van der Waals surface area contributed by atoms with E-state index < -0.39 is 0 Å². The molecular formula is C39H68O2. The SMILES string of the molecule is CCC[C@H](C[C@@H](C)C1CC[C@H]2[C@@H]3CC[C@@]4(C)[C@H](C)CCC[C@]4(C)[C@H]3CC[C@]12C)C(=O)OC1C[C@@H](C)CC[C@@H]1C(C)C. The molecule has 0 aromatic rings. The minimum atomic E-state index is 0.0806. The van der Waals surface area contributed by atoms with Gasteiger partial charge in [-0.15, -0.1) is 0 Å². The fourth-order valence-corrected chi connectivity index (χ4v) is 12.8. The van der Waals surface area contributed by atoms with E-state index in [0.29, 0.717) is 39.9 Å². The first-order valence-corrected chi connectivity index (χ1v) is 18.6. The van der Waals surface area contributed by atoms with Crippen molar-refractivity contribution in [2.45, 2.75) is 165 Å². The Bertz CT molecular complexity index is 909. The summed E-state index contributed by atoms with van der Waals surface area (Å²) in [5.41, 5.74) is 1.55. The number of carbonyl (C=O) groups is 1. The van der Waals surface area contributed by atoms with Gasteiger partial charge in [0.25, 0.3) is 0 Å². The van der Waals surface area contributed by atoms with Crippen LogP contribution in [0.5, 0.6) is 0 Å². The van der Waals surface area contributed by atoms with Gasteiger partial charge in [0, 0.05) is 0 Å². The van der Waals surface area contributed by atoms with Crippen molar-refractivity contribution in [3.8, 4) is 0 Å². The number of rotatable bonds is 8. The van der Waals surface area contributed by atoms with Crippen molar-refractivity contribution in [2.24, 2.45) is 75.4 Å². The molecule has 0 aliphatic heterocycles. The zero-order valence-corrected chi connectivity index (χ0v) is 28.8. The first-order chi connectivity index (χ1) is 19.4. The van der Waals surface area contributed by atoms with Crippen LogP contribution in [0.25, 0.3) is 0 Å². The molecule has 0 amide bonds. The van der Waals surface area contributed by atoms with Crippen molar-refractivity contribution in [2.75, 3.05) is 0 Å². The Balaban J connectivity index is 1.27. The van der Waals surface area contributed by atoms with E-state index in [1.165, 1.54) is 70.6 Å². The Morgan fingerprint density at radius 3 is 2.32 bits per heavy atom. The van der Waals surface area contributed by atoms with Crippen molar-refractivity contribution >= 4 is 5.97 Å². The summed E-state index contributed by atoms with van der Waals surface area (Å²) in [6.45, 7) is 22.4. The third-order valence-electron chi connectivity index (χ3n) is 15.6. The molecular weight excluding hydrogens is 500 g/mol. The second kappa shape index (κ2) is 12.1. The van der Waals surface area contributed by atoms with E-state index in [1.807, 2.05) is 0 Å². The molecule has 5 aliphatic rings. The van der Waals surface area contributed by atoms with Gasteiger partial charge in [0.1, 0.15) is 6.10 Å². The molecule has 2 unspecified atom stereocenters.